The average molecular weight is 689 g/mol. The van der Waals surface area contributed by atoms with Crippen LogP contribution in [0.2, 0.25) is 0 Å². The predicted octanol–water partition coefficient (Wildman–Crippen LogP) is 11.1. The molecule has 3 rings (SSSR count). The summed E-state index contributed by atoms with van der Waals surface area (Å²) in [7, 11) is 0.583. The molecule has 2 aromatic carbocycles. The number of rotatable bonds is 0. The molecule has 0 atom stereocenters. The van der Waals surface area contributed by atoms with Crippen molar-refractivity contribution in [1.82, 2.24) is 0 Å². The number of benzene rings is 2. The summed E-state index contributed by atoms with van der Waals surface area (Å²) in [5.74, 6) is 0.167. The van der Waals surface area contributed by atoms with Gasteiger partial charge in [0.25, 0.3) is 0 Å². The molecule has 270 valence electrons. The summed E-state index contributed by atoms with van der Waals surface area (Å²) >= 11 is 0. The van der Waals surface area contributed by atoms with E-state index in [4.69, 9.17) is 0 Å². The predicted molar refractivity (Wildman–Crippen MR) is 181 cm³/mol. The van der Waals surface area contributed by atoms with Crippen LogP contribution in [0.3, 0.4) is 0 Å². The Morgan fingerprint density at radius 2 is 0.870 bits per heavy atom. The second-order valence-corrected chi connectivity index (χ2v) is 15.8. The number of ether oxygens (including phenoxy) is 1. The van der Waals surface area contributed by atoms with Crippen molar-refractivity contribution >= 4 is 15.6 Å². The molecule has 1 aliphatic carbocycles. The summed E-state index contributed by atoms with van der Waals surface area (Å²) in [5.41, 5.74) is 2.74. The van der Waals surface area contributed by atoms with Gasteiger partial charge >= 0.3 is 12.4 Å². The average Bonchev–Trinajstić information content (AvgIpc) is 3.04. The lowest BCUT2D eigenvalue weighted by atomic mass is 9.82. The van der Waals surface area contributed by atoms with Crippen LogP contribution in [0.1, 0.15) is 101 Å². The number of hydrogen-bond donors (Lipinski definition) is 0. The molecule has 0 unspecified atom stereocenters. The van der Waals surface area contributed by atoms with E-state index in [-0.39, 0.29) is 25.0 Å². The third-order valence-electron chi connectivity index (χ3n) is 4.91. The first kappa shape index (κ1) is 50.5. The van der Waals surface area contributed by atoms with Gasteiger partial charge in [0, 0.05) is 32.1 Å². The summed E-state index contributed by atoms with van der Waals surface area (Å²) in [4.78, 5) is 9.44. The van der Waals surface area contributed by atoms with E-state index in [0.717, 1.165) is 12.5 Å². The Morgan fingerprint density at radius 3 is 1.02 bits per heavy atom. The lowest BCUT2D eigenvalue weighted by Crippen LogP contribution is -2.44. The van der Waals surface area contributed by atoms with Crippen molar-refractivity contribution in [3.8, 4) is 11.1 Å². The van der Waals surface area contributed by atoms with Crippen molar-refractivity contribution < 1.29 is 44.3 Å². The van der Waals surface area contributed by atoms with Gasteiger partial charge in [0.05, 0.1) is 0 Å². The molecule has 0 spiro atoms. The number of fused-ring (bicyclic) bond motifs is 3. The molecule has 0 aromatic heterocycles. The van der Waals surface area contributed by atoms with Gasteiger partial charge in [-0.05, 0) is 55.4 Å². The van der Waals surface area contributed by atoms with E-state index in [1.165, 1.54) is 42.5 Å². The zero-order valence-electron chi connectivity index (χ0n) is 30.6. The van der Waals surface area contributed by atoms with Gasteiger partial charge < -0.3 is 9.53 Å². The van der Waals surface area contributed by atoms with Crippen LogP contribution in [0.5, 0.6) is 0 Å². The first-order valence-electron chi connectivity index (χ1n) is 14.6. The lowest BCUT2D eigenvalue weighted by Gasteiger charge is -2.29. The van der Waals surface area contributed by atoms with E-state index in [1.54, 1.807) is 14.2 Å². The van der Waals surface area contributed by atoms with Crippen molar-refractivity contribution in [3.05, 3.63) is 59.7 Å². The Bertz CT molecular complexity index is 1140. The van der Waals surface area contributed by atoms with Crippen molar-refractivity contribution in [2.45, 2.75) is 107 Å². The molecule has 0 aliphatic heterocycles. The summed E-state index contributed by atoms with van der Waals surface area (Å²) in [6.45, 7) is 20.9. The highest BCUT2D eigenvalue weighted by atomic mass is 32.2. The minimum atomic E-state index is -5.24. The van der Waals surface area contributed by atoms with E-state index in [1.807, 2.05) is 0 Å². The van der Waals surface area contributed by atoms with Gasteiger partial charge in [0.2, 0.25) is 0 Å². The fourth-order valence-corrected chi connectivity index (χ4v) is 2.83. The van der Waals surface area contributed by atoms with Crippen LogP contribution in [0, 0.1) is 10.8 Å². The second-order valence-electron chi connectivity index (χ2n) is 13.5. The molecule has 0 amide bonds. The van der Waals surface area contributed by atoms with Crippen LogP contribution in [-0.4, -0.2) is 53.3 Å². The maximum absolute atomic E-state index is 11.6. The zero-order chi connectivity index (χ0) is 38.0. The fraction of sp³-hybridized carbons (Fsp3) is 0.629. The smallest absolute Gasteiger partial charge is 0.388 e. The van der Waals surface area contributed by atoms with Gasteiger partial charge in [-0.25, -0.2) is 8.42 Å². The highest BCUT2D eigenvalue weighted by Crippen LogP contribution is 2.49. The number of sulfone groups is 1. The molecule has 0 heterocycles. The van der Waals surface area contributed by atoms with E-state index < -0.39 is 27.6 Å². The third-order valence-corrected chi connectivity index (χ3v) is 4.91. The number of Topliss-reactive ketones (excluding diaryl/α,β-unsaturated/α-hetero) is 1. The SMILES string of the molecule is CC(C)(C(F)(F)F)C(F)(F)F.CC(C)(C)C.CC(C)=O.CC1(C)c2ccccc2-c2ccccc21.CCC.COC.CS(C)(=O)=O. The molecule has 0 saturated carbocycles. The van der Waals surface area contributed by atoms with E-state index in [0.29, 0.717) is 5.41 Å². The van der Waals surface area contributed by atoms with Crippen molar-refractivity contribution in [3.63, 3.8) is 0 Å². The summed E-state index contributed by atoms with van der Waals surface area (Å²) in [5, 5.41) is 0. The van der Waals surface area contributed by atoms with E-state index >= 15 is 0 Å². The number of halogens is 6. The Morgan fingerprint density at radius 1 is 0.696 bits per heavy atom. The standard InChI is InChI=1S/C15H14.C5H6F6.C5H12.C3H6O.C3H8.C2H6O2S.C2H6O/c1-15(2)13-9-5-3-7-11(13)12-8-4-6-10-14(12)15;1-3(2,4(6,7)8)5(9,10)11;1-5(2,3)4;1-3(2)4;1-3-2;1-5(2,3)4;1-3-2/h3-10H,1-2H3;1-2H3;1-4H3;1-2H3;3H2,1-2H3;1-2H3;1-2H3. The van der Waals surface area contributed by atoms with Crippen LogP contribution in [0.15, 0.2) is 48.5 Å². The molecular weight excluding hydrogens is 630 g/mol. The van der Waals surface area contributed by atoms with Crippen LogP contribution in [0.4, 0.5) is 26.3 Å². The van der Waals surface area contributed by atoms with Crippen molar-refractivity contribution in [2.24, 2.45) is 10.8 Å². The molecule has 1 aliphatic rings. The molecule has 2 aromatic rings. The molecule has 46 heavy (non-hydrogen) atoms. The maximum atomic E-state index is 11.6. The molecule has 0 N–H and O–H groups in total. The Hall–Kier alpha value is -2.40. The number of hydrogen-bond acceptors (Lipinski definition) is 4. The molecular formula is C35H58F6O4S. The van der Waals surface area contributed by atoms with Gasteiger partial charge in [0.15, 0.2) is 5.41 Å². The first-order chi connectivity index (χ1) is 20.3. The van der Waals surface area contributed by atoms with Crippen molar-refractivity contribution in [2.75, 3.05) is 26.7 Å². The highest BCUT2D eigenvalue weighted by Gasteiger charge is 2.64. The first-order valence-corrected chi connectivity index (χ1v) is 16.9. The Kier molecular flexibility index (Phi) is 23.5. The summed E-state index contributed by atoms with van der Waals surface area (Å²) in [6.07, 6.45) is -6.92. The quantitative estimate of drug-likeness (QED) is 0.259. The van der Waals surface area contributed by atoms with E-state index in [9.17, 15) is 39.6 Å². The summed E-state index contributed by atoms with van der Waals surface area (Å²) in [6, 6.07) is 17.4. The van der Waals surface area contributed by atoms with Gasteiger partial charge in [-0.2, -0.15) is 26.3 Å². The topological polar surface area (TPSA) is 60.4 Å². The van der Waals surface area contributed by atoms with Crippen LogP contribution in [0.25, 0.3) is 11.1 Å². The van der Waals surface area contributed by atoms with Crippen LogP contribution >= 0.6 is 0 Å². The number of ketones is 1. The van der Waals surface area contributed by atoms with Gasteiger partial charge in [-0.15, -0.1) is 0 Å². The minimum absolute atomic E-state index is 0.104. The molecule has 0 fully saturated rings. The normalized spacial score (nSPS) is 12.7. The van der Waals surface area contributed by atoms with E-state index in [2.05, 4.69) is 109 Å². The van der Waals surface area contributed by atoms with Crippen LogP contribution in [-0.2, 0) is 24.8 Å². The maximum Gasteiger partial charge on any atom is 0.402 e. The van der Waals surface area contributed by atoms with Crippen molar-refractivity contribution in [1.29, 1.82) is 0 Å². The largest absolute Gasteiger partial charge is 0.402 e. The summed E-state index contributed by atoms with van der Waals surface area (Å²) < 4.78 is 93.2. The van der Waals surface area contributed by atoms with Crippen LogP contribution < -0.4 is 0 Å². The zero-order valence-corrected chi connectivity index (χ0v) is 31.5. The molecule has 0 radical (unpaired) electrons. The van der Waals surface area contributed by atoms with Gasteiger partial charge in [-0.1, -0.05) is 110 Å². The number of carbonyl (C=O) groups excluding carboxylic acids is 1. The Balaban J connectivity index is -0.000000251. The molecule has 11 heteroatoms. The highest BCUT2D eigenvalue weighted by molar-refractivity contribution is 7.89. The lowest BCUT2D eigenvalue weighted by molar-refractivity contribution is -0.327. The van der Waals surface area contributed by atoms with Gasteiger partial charge in [-0.3, -0.25) is 0 Å². The molecule has 4 nitrogen and oxygen atoms in total. The fourth-order valence-electron chi connectivity index (χ4n) is 2.83. The number of methoxy groups -OCH3 is 1. The molecule has 0 bridgehead atoms. The second kappa shape index (κ2) is 21.5. The molecule has 0 saturated heterocycles. The Labute approximate surface area is 275 Å². The monoisotopic (exact) mass is 688 g/mol. The third kappa shape index (κ3) is 23.9. The number of carbonyl (C=O) groups is 1. The number of alkyl halides is 6. The minimum Gasteiger partial charge on any atom is -0.388 e. The van der Waals surface area contributed by atoms with Gasteiger partial charge in [0.1, 0.15) is 15.6 Å².